The second kappa shape index (κ2) is 6.74. The molecule has 0 bridgehead atoms. The highest BCUT2D eigenvalue weighted by molar-refractivity contribution is 5.66. The Labute approximate surface area is 102 Å². The van der Waals surface area contributed by atoms with Crippen LogP contribution in [0.15, 0.2) is 36.4 Å². The average Bonchev–Trinajstić information content (AvgIpc) is 2.26. The van der Waals surface area contributed by atoms with E-state index in [1.54, 1.807) is 0 Å². The molecule has 0 heterocycles. The Morgan fingerprint density at radius 2 is 2.24 bits per heavy atom. The average molecular weight is 234 g/mol. The highest BCUT2D eigenvalue weighted by Crippen LogP contribution is 2.15. The second-order valence-electron chi connectivity index (χ2n) is 4.14. The summed E-state index contributed by atoms with van der Waals surface area (Å²) in [6, 6.07) is 7.74. The first-order chi connectivity index (χ1) is 8.08. The predicted molar refractivity (Wildman–Crippen MR) is 67.3 cm³/mol. The summed E-state index contributed by atoms with van der Waals surface area (Å²) in [4.78, 5) is 10.4. The van der Waals surface area contributed by atoms with E-state index >= 15 is 0 Å². The van der Waals surface area contributed by atoms with E-state index < -0.39 is 5.97 Å². The van der Waals surface area contributed by atoms with Crippen molar-refractivity contribution in [2.75, 3.05) is 6.61 Å². The van der Waals surface area contributed by atoms with Gasteiger partial charge in [-0.3, -0.25) is 4.79 Å². The number of aliphatic carboxylic acids is 1. The van der Waals surface area contributed by atoms with Crippen molar-refractivity contribution in [3.05, 3.63) is 42.0 Å². The van der Waals surface area contributed by atoms with Gasteiger partial charge >= 0.3 is 5.97 Å². The lowest BCUT2D eigenvalue weighted by Gasteiger charge is -2.07. The molecule has 0 aliphatic heterocycles. The van der Waals surface area contributed by atoms with Crippen LogP contribution in [-0.4, -0.2) is 17.7 Å². The summed E-state index contributed by atoms with van der Waals surface area (Å²) in [7, 11) is 0. The molecule has 1 aromatic carbocycles. The van der Waals surface area contributed by atoms with Crippen molar-refractivity contribution in [2.45, 2.75) is 26.2 Å². The van der Waals surface area contributed by atoms with Crippen molar-refractivity contribution < 1.29 is 14.6 Å². The summed E-state index contributed by atoms with van der Waals surface area (Å²) in [6.45, 7) is 6.20. The van der Waals surface area contributed by atoms with E-state index in [1.807, 2.05) is 31.2 Å². The quantitative estimate of drug-likeness (QED) is 0.737. The van der Waals surface area contributed by atoms with Crippen molar-refractivity contribution in [1.29, 1.82) is 0 Å². The van der Waals surface area contributed by atoms with Gasteiger partial charge in [-0.15, -0.1) is 0 Å². The SMILES string of the molecule is C=C(C)COc1cccc(CCCC(=O)O)c1. The number of carbonyl (C=O) groups is 1. The molecule has 0 spiro atoms. The van der Waals surface area contributed by atoms with Gasteiger partial charge in [0.15, 0.2) is 0 Å². The first-order valence-electron chi connectivity index (χ1n) is 5.66. The van der Waals surface area contributed by atoms with Gasteiger partial charge in [-0.05, 0) is 43.0 Å². The van der Waals surface area contributed by atoms with Crippen molar-refractivity contribution in [3.63, 3.8) is 0 Å². The van der Waals surface area contributed by atoms with Gasteiger partial charge in [0.05, 0.1) is 0 Å². The van der Waals surface area contributed by atoms with Crippen LogP contribution in [0.5, 0.6) is 5.75 Å². The molecule has 0 unspecified atom stereocenters. The number of rotatable bonds is 7. The Kier molecular flexibility index (Phi) is 5.27. The molecule has 0 aliphatic rings. The molecule has 1 N–H and O–H groups in total. The van der Waals surface area contributed by atoms with Crippen LogP contribution >= 0.6 is 0 Å². The van der Waals surface area contributed by atoms with Crippen LogP contribution in [0.4, 0.5) is 0 Å². The fourth-order valence-corrected chi connectivity index (χ4v) is 1.44. The normalized spacial score (nSPS) is 9.94. The number of aryl methyl sites for hydroxylation is 1. The van der Waals surface area contributed by atoms with E-state index in [4.69, 9.17) is 9.84 Å². The van der Waals surface area contributed by atoms with Gasteiger partial charge < -0.3 is 9.84 Å². The first kappa shape index (κ1) is 13.3. The Hall–Kier alpha value is -1.77. The van der Waals surface area contributed by atoms with Gasteiger partial charge in [-0.1, -0.05) is 18.7 Å². The number of carboxylic acid groups (broad SMARTS) is 1. The van der Waals surface area contributed by atoms with E-state index in [9.17, 15) is 4.79 Å². The third kappa shape index (κ3) is 5.76. The Balaban J connectivity index is 2.47. The molecule has 0 saturated heterocycles. The predicted octanol–water partition coefficient (Wildman–Crippen LogP) is 3.05. The molecule has 0 saturated carbocycles. The minimum absolute atomic E-state index is 0.205. The van der Waals surface area contributed by atoms with Crippen LogP contribution in [0.3, 0.4) is 0 Å². The van der Waals surface area contributed by atoms with Gasteiger partial charge in [0.25, 0.3) is 0 Å². The molecule has 17 heavy (non-hydrogen) atoms. The van der Waals surface area contributed by atoms with Crippen molar-refractivity contribution in [1.82, 2.24) is 0 Å². The van der Waals surface area contributed by atoms with E-state index in [1.165, 1.54) is 0 Å². The molecular weight excluding hydrogens is 216 g/mol. The van der Waals surface area contributed by atoms with Crippen LogP contribution in [0, 0.1) is 0 Å². The Bertz CT molecular complexity index is 396. The first-order valence-corrected chi connectivity index (χ1v) is 5.66. The van der Waals surface area contributed by atoms with Crippen LogP contribution in [0.1, 0.15) is 25.3 Å². The molecule has 0 atom stereocenters. The monoisotopic (exact) mass is 234 g/mol. The minimum atomic E-state index is -0.750. The maximum absolute atomic E-state index is 10.4. The van der Waals surface area contributed by atoms with E-state index in [0.717, 1.165) is 23.3 Å². The summed E-state index contributed by atoms with van der Waals surface area (Å²) in [5.74, 6) is 0.0560. The number of hydrogen-bond acceptors (Lipinski definition) is 2. The Morgan fingerprint density at radius 1 is 1.47 bits per heavy atom. The summed E-state index contributed by atoms with van der Waals surface area (Å²) in [5, 5.41) is 8.56. The highest BCUT2D eigenvalue weighted by atomic mass is 16.5. The second-order valence-corrected chi connectivity index (χ2v) is 4.14. The van der Waals surface area contributed by atoms with Gasteiger partial charge in [-0.2, -0.15) is 0 Å². The zero-order valence-electron chi connectivity index (χ0n) is 10.1. The van der Waals surface area contributed by atoms with Gasteiger partial charge in [0.1, 0.15) is 12.4 Å². The molecule has 0 fully saturated rings. The maximum atomic E-state index is 10.4. The Morgan fingerprint density at radius 3 is 2.88 bits per heavy atom. The lowest BCUT2D eigenvalue weighted by Crippen LogP contribution is -1.99. The van der Waals surface area contributed by atoms with Gasteiger partial charge in [-0.25, -0.2) is 0 Å². The molecule has 0 amide bonds. The fraction of sp³-hybridized carbons (Fsp3) is 0.357. The highest BCUT2D eigenvalue weighted by Gasteiger charge is 2.00. The number of ether oxygens (including phenoxy) is 1. The third-order valence-electron chi connectivity index (χ3n) is 2.24. The maximum Gasteiger partial charge on any atom is 0.303 e. The van der Waals surface area contributed by atoms with Gasteiger partial charge in [0.2, 0.25) is 0 Å². The lowest BCUT2D eigenvalue weighted by molar-refractivity contribution is -0.137. The summed E-state index contributed by atoms with van der Waals surface area (Å²) in [5.41, 5.74) is 2.08. The zero-order valence-corrected chi connectivity index (χ0v) is 10.1. The molecule has 3 nitrogen and oxygen atoms in total. The molecule has 0 aromatic heterocycles. The molecular formula is C14H18O3. The van der Waals surface area contributed by atoms with Crippen molar-refractivity contribution in [3.8, 4) is 5.75 Å². The largest absolute Gasteiger partial charge is 0.489 e. The van der Waals surface area contributed by atoms with Crippen LogP contribution < -0.4 is 4.74 Å². The summed E-state index contributed by atoms with van der Waals surface area (Å²) < 4.78 is 5.52. The van der Waals surface area contributed by atoms with Crippen molar-refractivity contribution >= 4 is 5.97 Å². The lowest BCUT2D eigenvalue weighted by atomic mass is 10.1. The topological polar surface area (TPSA) is 46.5 Å². The zero-order chi connectivity index (χ0) is 12.7. The summed E-state index contributed by atoms with van der Waals surface area (Å²) in [6.07, 6.45) is 1.62. The van der Waals surface area contributed by atoms with Crippen LogP contribution in [0.25, 0.3) is 0 Å². The van der Waals surface area contributed by atoms with Crippen LogP contribution in [-0.2, 0) is 11.2 Å². The third-order valence-corrected chi connectivity index (χ3v) is 2.24. The standard InChI is InChI=1S/C14H18O3/c1-11(2)10-17-13-7-3-5-12(9-13)6-4-8-14(15)16/h3,5,7,9H,1,4,6,8,10H2,2H3,(H,15,16). The molecule has 0 aliphatic carbocycles. The fourth-order valence-electron chi connectivity index (χ4n) is 1.44. The van der Waals surface area contributed by atoms with E-state index in [2.05, 4.69) is 6.58 Å². The number of hydrogen-bond donors (Lipinski definition) is 1. The summed E-state index contributed by atoms with van der Waals surface area (Å²) >= 11 is 0. The van der Waals surface area contributed by atoms with Crippen LogP contribution in [0.2, 0.25) is 0 Å². The van der Waals surface area contributed by atoms with E-state index in [-0.39, 0.29) is 6.42 Å². The minimum Gasteiger partial charge on any atom is -0.489 e. The number of carboxylic acids is 1. The van der Waals surface area contributed by atoms with Crippen molar-refractivity contribution in [2.24, 2.45) is 0 Å². The smallest absolute Gasteiger partial charge is 0.303 e. The molecule has 3 heteroatoms. The number of benzene rings is 1. The molecule has 1 aromatic rings. The molecule has 1 rings (SSSR count). The molecule has 92 valence electrons. The molecule has 0 radical (unpaired) electrons. The van der Waals surface area contributed by atoms with Gasteiger partial charge in [0, 0.05) is 6.42 Å². The van der Waals surface area contributed by atoms with E-state index in [0.29, 0.717) is 13.0 Å².